The van der Waals surface area contributed by atoms with E-state index in [1.165, 1.54) is 35.4 Å². The third-order valence-corrected chi connectivity index (χ3v) is 11.9. The van der Waals surface area contributed by atoms with Crippen LogP contribution >= 0.6 is 7.49 Å². The van der Waals surface area contributed by atoms with Crippen LogP contribution in [0.5, 0.6) is 0 Å². The van der Waals surface area contributed by atoms with Gasteiger partial charge in [-0.15, -0.1) is 0 Å². The van der Waals surface area contributed by atoms with Crippen molar-refractivity contribution in [1.82, 2.24) is 0 Å². The van der Waals surface area contributed by atoms with Crippen LogP contribution in [0.4, 0.5) is 0 Å². The molecule has 1 N–H and O–H groups in total. The van der Waals surface area contributed by atoms with Crippen LogP contribution in [0.25, 0.3) is 0 Å². The molecule has 4 nitrogen and oxygen atoms in total. The maximum atomic E-state index is 10.7. The number of carbonyl (C=O) groups is 1. The van der Waals surface area contributed by atoms with Gasteiger partial charge in [-0.25, -0.2) is 9.32 Å². The van der Waals surface area contributed by atoms with Crippen molar-refractivity contribution >= 4 is 18.8 Å². The summed E-state index contributed by atoms with van der Waals surface area (Å²) in [5.74, 6) is -0.897. The fourth-order valence-corrected chi connectivity index (χ4v) is 10.7. The molecule has 2 saturated heterocycles. The molecule has 0 aromatic heterocycles. The van der Waals surface area contributed by atoms with E-state index in [4.69, 9.17) is 14.4 Å². The summed E-state index contributed by atoms with van der Waals surface area (Å²) < 4.78 is 11.9. The molecule has 0 amide bonds. The Labute approximate surface area is 166 Å². The van der Waals surface area contributed by atoms with Crippen LogP contribution in [0.1, 0.15) is 30.4 Å². The van der Waals surface area contributed by atoms with Crippen molar-refractivity contribution < 1.29 is 19.2 Å². The molecular formula is C23H26O4P+. The number of rotatable bonds is 8. The SMILES string of the molecule is O=C(O)COCCC12CO[P+]3(c4cccc(Cc5ccccc5)c4)CCC13C2. The minimum absolute atomic E-state index is 0.203. The van der Waals surface area contributed by atoms with Crippen molar-refractivity contribution in [2.45, 2.75) is 30.8 Å². The lowest BCUT2D eigenvalue weighted by molar-refractivity contribution is -0.142. The van der Waals surface area contributed by atoms with Gasteiger partial charge in [0.15, 0.2) is 7.49 Å². The van der Waals surface area contributed by atoms with Crippen LogP contribution < -0.4 is 5.30 Å². The zero-order valence-electron chi connectivity index (χ0n) is 16.0. The Hall–Kier alpha value is -1.74. The third-order valence-electron chi connectivity index (χ3n) is 7.12. The molecule has 0 radical (unpaired) electrons. The Balaban J connectivity index is 1.32. The molecule has 0 bridgehead atoms. The highest BCUT2D eigenvalue weighted by molar-refractivity contribution is 7.82. The molecule has 3 fully saturated rings. The molecule has 1 saturated carbocycles. The van der Waals surface area contributed by atoms with Crippen molar-refractivity contribution in [2.24, 2.45) is 5.41 Å². The summed E-state index contributed by atoms with van der Waals surface area (Å²) in [7, 11) is -1.56. The smallest absolute Gasteiger partial charge is 0.329 e. The van der Waals surface area contributed by atoms with Gasteiger partial charge < -0.3 is 9.84 Å². The van der Waals surface area contributed by atoms with Gasteiger partial charge in [0.1, 0.15) is 23.7 Å². The van der Waals surface area contributed by atoms with Gasteiger partial charge in [-0.1, -0.05) is 42.5 Å². The standard InChI is InChI=1S/C23H25O4P/c24-21(25)15-26-11-9-22-16-23(22)10-12-28(23,27-17-22)20-8-4-7-19(14-20)13-18-5-2-1-3-6-18/h1-8,14H,9-13,15-17H2/p+1. The molecule has 3 atom stereocenters. The molecule has 1 spiro atoms. The third kappa shape index (κ3) is 2.66. The fraction of sp³-hybridized carbons (Fsp3) is 0.435. The molecule has 146 valence electrons. The topological polar surface area (TPSA) is 55.8 Å². The average molecular weight is 397 g/mol. The van der Waals surface area contributed by atoms with Crippen molar-refractivity contribution in [3.05, 3.63) is 65.7 Å². The van der Waals surface area contributed by atoms with Gasteiger partial charge in [0.2, 0.25) is 0 Å². The molecule has 3 aliphatic rings. The van der Waals surface area contributed by atoms with Gasteiger partial charge in [0.05, 0.1) is 6.16 Å². The van der Waals surface area contributed by atoms with Crippen LogP contribution in [-0.4, -0.2) is 42.2 Å². The van der Waals surface area contributed by atoms with E-state index in [0.717, 1.165) is 19.4 Å². The van der Waals surface area contributed by atoms with E-state index in [9.17, 15) is 4.79 Å². The minimum atomic E-state index is -1.56. The van der Waals surface area contributed by atoms with Crippen molar-refractivity contribution in [3.8, 4) is 0 Å². The van der Waals surface area contributed by atoms with Crippen molar-refractivity contribution in [2.75, 3.05) is 26.0 Å². The van der Waals surface area contributed by atoms with Crippen LogP contribution in [0.3, 0.4) is 0 Å². The van der Waals surface area contributed by atoms with E-state index in [0.29, 0.717) is 11.8 Å². The summed E-state index contributed by atoms with van der Waals surface area (Å²) in [6, 6.07) is 19.7. The van der Waals surface area contributed by atoms with Gasteiger partial charge in [-0.3, -0.25) is 0 Å². The van der Waals surface area contributed by atoms with E-state index in [1.54, 1.807) is 0 Å². The number of aliphatic carboxylic acids is 1. The first-order valence-corrected chi connectivity index (χ1v) is 11.9. The zero-order chi connectivity index (χ0) is 19.2. The molecular weight excluding hydrogens is 371 g/mol. The zero-order valence-corrected chi connectivity index (χ0v) is 16.9. The average Bonchev–Trinajstić information content (AvgIpc) is 3.33. The maximum Gasteiger partial charge on any atom is 0.329 e. The van der Waals surface area contributed by atoms with Gasteiger partial charge >= 0.3 is 5.97 Å². The lowest BCUT2D eigenvalue weighted by Gasteiger charge is -2.38. The Kier molecular flexibility index (Phi) is 4.35. The van der Waals surface area contributed by atoms with Gasteiger partial charge in [0.25, 0.3) is 0 Å². The minimum Gasteiger partial charge on any atom is -0.480 e. The van der Waals surface area contributed by atoms with Gasteiger partial charge in [0, 0.05) is 24.9 Å². The van der Waals surface area contributed by atoms with Crippen LogP contribution in [0.15, 0.2) is 54.6 Å². The van der Waals surface area contributed by atoms with Gasteiger partial charge in [-0.2, -0.15) is 0 Å². The molecule has 2 heterocycles. The Morgan fingerprint density at radius 1 is 1.14 bits per heavy atom. The number of ether oxygens (including phenoxy) is 1. The number of carboxylic acid groups (broad SMARTS) is 1. The molecule has 3 unspecified atom stereocenters. The van der Waals surface area contributed by atoms with Crippen LogP contribution in [0, 0.1) is 5.41 Å². The summed E-state index contributed by atoms with van der Waals surface area (Å²) in [4.78, 5) is 10.7. The molecule has 5 rings (SSSR count). The second-order valence-electron chi connectivity index (χ2n) is 8.50. The molecule has 2 aromatic rings. The molecule has 5 heteroatoms. The number of carboxylic acids is 1. The highest BCUT2D eigenvalue weighted by atomic mass is 31.2. The second kappa shape index (κ2) is 6.66. The summed E-state index contributed by atoms with van der Waals surface area (Å²) in [5.41, 5.74) is 2.92. The number of hydrogen-bond acceptors (Lipinski definition) is 3. The highest BCUT2D eigenvalue weighted by Crippen LogP contribution is 2.97. The van der Waals surface area contributed by atoms with E-state index >= 15 is 0 Å². The number of hydrogen-bond donors (Lipinski definition) is 1. The summed E-state index contributed by atoms with van der Waals surface area (Å²) in [6.07, 6.45) is 5.55. The Bertz CT molecular complexity index is 896. The van der Waals surface area contributed by atoms with Crippen molar-refractivity contribution in [1.29, 1.82) is 0 Å². The molecule has 2 aliphatic heterocycles. The quantitative estimate of drug-likeness (QED) is 0.542. The van der Waals surface area contributed by atoms with E-state index in [-0.39, 0.29) is 12.0 Å². The first-order valence-electron chi connectivity index (χ1n) is 10.1. The maximum absolute atomic E-state index is 10.7. The predicted molar refractivity (Wildman–Crippen MR) is 111 cm³/mol. The second-order valence-corrected chi connectivity index (χ2v) is 12.1. The number of benzene rings is 2. The van der Waals surface area contributed by atoms with Gasteiger partial charge in [-0.05, 0) is 36.1 Å². The Morgan fingerprint density at radius 3 is 2.71 bits per heavy atom. The van der Waals surface area contributed by atoms with Crippen molar-refractivity contribution in [3.63, 3.8) is 0 Å². The normalized spacial score (nSPS) is 32.3. The largest absolute Gasteiger partial charge is 0.480 e. The summed E-state index contributed by atoms with van der Waals surface area (Å²) >= 11 is 0. The fourth-order valence-electron chi connectivity index (χ4n) is 5.57. The first-order chi connectivity index (χ1) is 13.6. The lowest BCUT2D eigenvalue weighted by Crippen LogP contribution is -2.38. The predicted octanol–water partition coefficient (Wildman–Crippen LogP) is 3.89. The van der Waals surface area contributed by atoms with Crippen LogP contribution in [-0.2, 0) is 20.5 Å². The molecule has 2 aromatic carbocycles. The van der Waals surface area contributed by atoms with E-state index in [1.807, 2.05) is 0 Å². The van der Waals surface area contributed by atoms with Crippen LogP contribution in [0.2, 0.25) is 0 Å². The van der Waals surface area contributed by atoms with E-state index < -0.39 is 13.5 Å². The highest BCUT2D eigenvalue weighted by Gasteiger charge is 2.92. The Morgan fingerprint density at radius 2 is 1.96 bits per heavy atom. The molecule has 28 heavy (non-hydrogen) atoms. The monoisotopic (exact) mass is 397 g/mol. The summed E-state index contributed by atoms with van der Waals surface area (Å²) in [5, 5.41) is 10.5. The first kappa shape index (κ1) is 18.3. The van der Waals surface area contributed by atoms with E-state index in [2.05, 4.69) is 54.6 Å². The summed E-state index contributed by atoms with van der Waals surface area (Å²) in [6.45, 7) is 1.14. The lowest BCUT2D eigenvalue weighted by atomic mass is 9.99. The molecule has 1 aliphatic carbocycles.